The van der Waals surface area contributed by atoms with Crippen LogP contribution in [0.1, 0.15) is 17.5 Å². The van der Waals surface area contributed by atoms with Crippen LogP contribution in [0.5, 0.6) is 0 Å². The first-order valence-electron chi connectivity index (χ1n) is 5.27. The molecule has 0 aliphatic heterocycles. The van der Waals surface area contributed by atoms with Crippen LogP contribution in [0.4, 0.5) is 0 Å². The first-order valence-corrected chi connectivity index (χ1v) is 5.27. The molecule has 0 aromatic heterocycles. The fourth-order valence-corrected chi connectivity index (χ4v) is 1.49. The van der Waals surface area contributed by atoms with E-state index in [2.05, 4.69) is 31.4 Å². The Hall–Kier alpha value is -1.34. The third kappa shape index (κ3) is 4.13. The van der Waals surface area contributed by atoms with Gasteiger partial charge in [-0.2, -0.15) is 0 Å². The summed E-state index contributed by atoms with van der Waals surface area (Å²) < 4.78 is 5.33. The summed E-state index contributed by atoms with van der Waals surface area (Å²) in [4.78, 5) is 0. The molecule has 0 aliphatic carbocycles. The summed E-state index contributed by atoms with van der Waals surface area (Å²) >= 11 is 0. The van der Waals surface area contributed by atoms with Crippen LogP contribution in [0.2, 0.25) is 0 Å². The average Bonchev–Trinajstić information content (AvgIpc) is 2.29. The van der Waals surface area contributed by atoms with Crippen LogP contribution in [-0.2, 0) is 11.2 Å². The van der Waals surface area contributed by atoms with Crippen LogP contribution in [0, 0.1) is 0 Å². The monoisotopic (exact) mass is 202 g/mol. The van der Waals surface area contributed by atoms with E-state index in [1.165, 1.54) is 11.1 Å². The summed E-state index contributed by atoms with van der Waals surface area (Å²) in [5.74, 6) is 0. The van der Waals surface area contributed by atoms with Gasteiger partial charge in [0.05, 0.1) is 6.61 Å². The van der Waals surface area contributed by atoms with Crippen LogP contribution >= 0.6 is 0 Å². The fourth-order valence-electron chi connectivity index (χ4n) is 1.49. The quantitative estimate of drug-likeness (QED) is 0.486. The second-order valence-electron chi connectivity index (χ2n) is 3.37. The highest BCUT2D eigenvalue weighted by atomic mass is 16.5. The number of benzene rings is 1. The van der Waals surface area contributed by atoms with Crippen LogP contribution < -0.4 is 0 Å². The molecule has 0 saturated carbocycles. The molecule has 0 bridgehead atoms. The van der Waals surface area contributed by atoms with Crippen LogP contribution in [0.15, 0.2) is 43.5 Å². The van der Waals surface area contributed by atoms with Gasteiger partial charge in [-0.05, 0) is 24.0 Å². The molecule has 15 heavy (non-hydrogen) atoms. The first kappa shape index (κ1) is 11.7. The van der Waals surface area contributed by atoms with Crippen molar-refractivity contribution >= 4 is 6.08 Å². The average molecular weight is 202 g/mol. The van der Waals surface area contributed by atoms with Gasteiger partial charge in [-0.15, -0.1) is 6.58 Å². The van der Waals surface area contributed by atoms with Gasteiger partial charge in [0.1, 0.15) is 0 Å². The van der Waals surface area contributed by atoms with Crippen LogP contribution in [-0.4, -0.2) is 13.2 Å². The highest BCUT2D eigenvalue weighted by Crippen LogP contribution is 2.12. The van der Waals surface area contributed by atoms with Crippen molar-refractivity contribution in [2.75, 3.05) is 13.2 Å². The van der Waals surface area contributed by atoms with Gasteiger partial charge in [-0.25, -0.2) is 0 Å². The standard InChI is InChI=1S/C14H18O/c1-3-11-15-12-7-10-14-9-6-5-8-13(14)4-2/h3-6,8-9H,1-2,7,10-12H2. The summed E-state index contributed by atoms with van der Waals surface area (Å²) in [5.41, 5.74) is 2.57. The van der Waals surface area contributed by atoms with Gasteiger partial charge in [-0.3, -0.25) is 0 Å². The molecular formula is C14H18O. The Morgan fingerprint density at radius 3 is 2.73 bits per heavy atom. The van der Waals surface area contributed by atoms with Crippen molar-refractivity contribution in [1.82, 2.24) is 0 Å². The van der Waals surface area contributed by atoms with E-state index in [-0.39, 0.29) is 0 Å². The Balaban J connectivity index is 2.36. The number of hydrogen-bond acceptors (Lipinski definition) is 1. The second-order valence-corrected chi connectivity index (χ2v) is 3.37. The van der Waals surface area contributed by atoms with Gasteiger partial charge < -0.3 is 4.74 Å². The molecule has 0 atom stereocenters. The Morgan fingerprint density at radius 2 is 2.00 bits per heavy atom. The zero-order chi connectivity index (χ0) is 10.9. The zero-order valence-corrected chi connectivity index (χ0v) is 9.11. The molecule has 1 rings (SSSR count). The number of ether oxygens (including phenoxy) is 1. The lowest BCUT2D eigenvalue weighted by atomic mass is 10.0. The van der Waals surface area contributed by atoms with Gasteiger partial charge in [0, 0.05) is 6.61 Å². The Labute approximate surface area is 92.1 Å². The van der Waals surface area contributed by atoms with E-state index in [0.717, 1.165) is 19.4 Å². The molecule has 0 fully saturated rings. The Morgan fingerprint density at radius 1 is 1.20 bits per heavy atom. The summed E-state index contributed by atoms with van der Waals surface area (Å²) in [6.07, 6.45) is 5.76. The van der Waals surface area contributed by atoms with Crippen molar-refractivity contribution in [1.29, 1.82) is 0 Å². The molecule has 0 amide bonds. The maximum Gasteiger partial charge on any atom is 0.0644 e. The third-order valence-corrected chi connectivity index (χ3v) is 2.25. The molecule has 0 N–H and O–H groups in total. The van der Waals surface area contributed by atoms with E-state index in [0.29, 0.717) is 6.61 Å². The van der Waals surface area contributed by atoms with E-state index in [1.807, 2.05) is 12.1 Å². The summed E-state index contributed by atoms with van der Waals surface area (Å²) in [5, 5.41) is 0. The van der Waals surface area contributed by atoms with E-state index in [1.54, 1.807) is 6.08 Å². The van der Waals surface area contributed by atoms with Gasteiger partial charge >= 0.3 is 0 Å². The van der Waals surface area contributed by atoms with Crippen LogP contribution in [0.25, 0.3) is 6.08 Å². The van der Waals surface area contributed by atoms with Crippen molar-refractivity contribution in [3.8, 4) is 0 Å². The van der Waals surface area contributed by atoms with E-state index >= 15 is 0 Å². The minimum absolute atomic E-state index is 0.642. The molecule has 0 spiro atoms. The number of aryl methyl sites for hydroxylation is 1. The smallest absolute Gasteiger partial charge is 0.0644 e. The molecule has 1 aromatic rings. The third-order valence-electron chi connectivity index (χ3n) is 2.25. The molecule has 1 aromatic carbocycles. The fraction of sp³-hybridized carbons (Fsp3) is 0.286. The zero-order valence-electron chi connectivity index (χ0n) is 9.11. The lowest BCUT2D eigenvalue weighted by molar-refractivity contribution is 0.160. The minimum Gasteiger partial charge on any atom is -0.377 e. The summed E-state index contributed by atoms with van der Waals surface area (Å²) in [6.45, 7) is 8.84. The lowest BCUT2D eigenvalue weighted by Crippen LogP contribution is -1.97. The Kier molecular flexibility index (Phi) is 5.49. The van der Waals surface area contributed by atoms with E-state index in [4.69, 9.17) is 4.74 Å². The van der Waals surface area contributed by atoms with Gasteiger partial charge in [0.15, 0.2) is 0 Å². The maximum absolute atomic E-state index is 5.33. The highest BCUT2D eigenvalue weighted by Gasteiger charge is 1.97. The first-order chi connectivity index (χ1) is 7.38. The molecule has 0 radical (unpaired) electrons. The minimum atomic E-state index is 0.642. The topological polar surface area (TPSA) is 9.23 Å². The van der Waals surface area contributed by atoms with E-state index in [9.17, 15) is 0 Å². The maximum atomic E-state index is 5.33. The van der Waals surface area contributed by atoms with Gasteiger partial charge in [-0.1, -0.05) is 43.0 Å². The van der Waals surface area contributed by atoms with Gasteiger partial charge in [0.25, 0.3) is 0 Å². The molecule has 0 heterocycles. The summed E-state index contributed by atoms with van der Waals surface area (Å²) in [6, 6.07) is 8.33. The number of hydrogen-bond donors (Lipinski definition) is 0. The molecule has 1 nitrogen and oxygen atoms in total. The van der Waals surface area contributed by atoms with Crippen molar-refractivity contribution in [2.45, 2.75) is 12.8 Å². The normalized spacial score (nSPS) is 9.87. The van der Waals surface area contributed by atoms with Crippen molar-refractivity contribution < 1.29 is 4.74 Å². The van der Waals surface area contributed by atoms with Crippen LogP contribution in [0.3, 0.4) is 0 Å². The SMILES string of the molecule is C=CCOCCCc1ccccc1C=C. The molecule has 0 saturated heterocycles. The largest absolute Gasteiger partial charge is 0.377 e. The Bertz CT molecular complexity index is 315. The van der Waals surface area contributed by atoms with Crippen molar-refractivity contribution in [2.24, 2.45) is 0 Å². The second kappa shape index (κ2) is 7.02. The predicted octanol–water partition coefficient (Wildman–Crippen LogP) is 3.46. The summed E-state index contributed by atoms with van der Waals surface area (Å²) in [7, 11) is 0. The molecule has 0 aliphatic rings. The molecular weight excluding hydrogens is 184 g/mol. The predicted molar refractivity (Wildman–Crippen MR) is 65.9 cm³/mol. The van der Waals surface area contributed by atoms with E-state index < -0.39 is 0 Å². The van der Waals surface area contributed by atoms with Crippen molar-refractivity contribution in [3.63, 3.8) is 0 Å². The highest BCUT2D eigenvalue weighted by molar-refractivity contribution is 5.51. The van der Waals surface area contributed by atoms with Gasteiger partial charge in [0.2, 0.25) is 0 Å². The molecule has 80 valence electrons. The lowest BCUT2D eigenvalue weighted by Gasteiger charge is -2.05. The molecule has 1 heteroatoms. The number of rotatable bonds is 7. The molecule has 0 unspecified atom stereocenters. The van der Waals surface area contributed by atoms with Crippen molar-refractivity contribution in [3.05, 3.63) is 54.6 Å².